The summed E-state index contributed by atoms with van der Waals surface area (Å²) in [6, 6.07) is 9.59. The largest absolute Gasteiger partial charge is 0.306 e. The molecular weight excluding hydrogens is 304 g/mol. The van der Waals surface area contributed by atoms with Crippen LogP contribution in [0.3, 0.4) is 0 Å². The van der Waals surface area contributed by atoms with E-state index in [-0.39, 0.29) is 22.2 Å². The molecule has 25 heavy (non-hydrogen) atoms. The van der Waals surface area contributed by atoms with Crippen molar-refractivity contribution in [3.63, 3.8) is 0 Å². The molecule has 0 bridgehead atoms. The van der Waals surface area contributed by atoms with Gasteiger partial charge in [-0.25, -0.2) is 0 Å². The monoisotopic (exact) mass is 342 g/mol. The molecule has 0 amide bonds. The van der Waals surface area contributed by atoms with Gasteiger partial charge in [0.25, 0.3) is 0 Å². The third kappa shape index (κ3) is 3.17. The van der Waals surface area contributed by atoms with Crippen LogP contribution in [0.1, 0.15) is 91.2 Å². The number of hydrogen-bond acceptors (Lipinski definition) is 2. The van der Waals surface area contributed by atoms with Crippen LogP contribution in [0, 0.1) is 0 Å². The van der Waals surface area contributed by atoms with E-state index in [0.29, 0.717) is 11.8 Å². The zero-order chi connectivity index (χ0) is 18.8. The topological polar surface area (TPSA) is 15.3 Å². The third-order valence-electron chi connectivity index (χ3n) is 7.32. The Morgan fingerprint density at radius 3 is 1.64 bits per heavy atom. The van der Waals surface area contributed by atoms with Gasteiger partial charge in [0.1, 0.15) is 0 Å². The molecule has 2 aliphatic heterocycles. The molecule has 0 aromatic heterocycles. The number of likely N-dealkylation sites (N-methyl/N-ethyl adjacent to an activating group) is 1. The number of benzene rings is 1. The highest BCUT2D eigenvalue weighted by molar-refractivity contribution is 5.34. The highest BCUT2D eigenvalue weighted by Crippen LogP contribution is 2.49. The van der Waals surface area contributed by atoms with E-state index >= 15 is 0 Å². The summed E-state index contributed by atoms with van der Waals surface area (Å²) in [6.07, 6.45) is 2.42. The highest BCUT2D eigenvalue weighted by Gasteiger charge is 2.50. The van der Waals surface area contributed by atoms with Crippen LogP contribution in [0.4, 0.5) is 0 Å². The molecule has 0 saturated carbocycles. The van der Waals surface area contributed by atoms with Gasteiger partial charge in [-0.3, -0.25) is 4.90 Å². The Morgan fingerprint density at radius 1 is 0.800 bits per heavy atom. The molecule has 0 aliphatic carbocycles. The Balaban J connectivity index is 1.87. The van der Waals surface area contributed by atoms with E-state index in [1.165, 1.54) is 24.0 Å². The SMILES string of the molecule is CN1C(C)(C)CC(c2ccc(C3CC(C)(C)NC3(C)C)cc2)C1(C)C. The molecule has 0 spiro atoms. The molecule has 1 aromatic carbocycles. The lowest BCUT2D eigenvalue weighted by molar-refractivity contribution is 0.110. The molecular formula is C23H38N2. The maximum atomic E-state index is 3.81. The van der Waals surface area contributed by atoms with Gasteiger partial charge in [0.2, 0.25) is 0 Å². The van der Waals surface area contributed by atoms with E-state index in [1.54, 1.807) is 0 Å². The van der Waals surface area contributed by atoms with Gasteiger partial charge in [0.15, 0.2) is 0 Å². The minimum absolute atomic E-state index is 0.153. The number of rotatable bonds is 2. The predicted octanol–water partition coefficient (Wildman–Crippen LogP) is 5.30. The highest BCUT2D eigenvalue weighted by atomic mass is 15.3. The van der Waals surface area contributed by atoms with Crippen molar-refractivity contribution in [2.45, 2.75) is 102 Å². The fraction of sp³-hybridized carbons (Fsp3) is 0.739. The van der Waals surface area contributed by atoms with Crippen LogP contribution in [0.2, 0.25) is 0 Å². The van der Waals surface area contributed by atoms with Crippen molar-refractivity contribution in [1.29, 1.82) is 0 Å². The van der Waals surface area contributed by atoms with E-state index in [4.69, 9.17) is 0 Å². The standard InChI is InChI=1S/C23H38N2/c1-20(2)14-18(22(5,6)24-20)16-10-12-17(13-11-16)19-15-21(3,4)25(9)23(19,7)8/h10-13,18-19,24H,14-15H2,1-9H3. The Hall–Kier alpha value is -0.860. The summed E-state index contributed by atoms with van der Waals surface area (Å²) >= 11 is 0. The minimum Gasteiger partial charge on any atom is -0.306 e. The first-order chi connectivity index (χ1) is 11.3. The van der Waals surface area contributed by atoms with E-state index in [2.05, 4.69) is 96.9 Å². The van der Waals surface area contributed by atoms with Crippen molar-refractivity contribution in [2.75, 3.05) is 7.05 Å². The van der Waals surface area contributed by atoms with Gasteiger partial charge in [-0.15, -0.1) is 0 Å². The van der Waals surface area contributed by atoms with Crippen LogP contribution < -0.4 is 5.32 Å². The second kappa shape index (κ2) is 5.57. The molecule has 2 heterocycles. The smallest absolute Gasteiger partial charge is 0.0224 e. The van der Waals surface area contributed by atoms with Crippen LogP contribution in [-0.4, -0.2) is 34.1 Å². The van der Waals surface area contributed by atoms with Crippen molar-refractivity contribution in [3.05, 3.63) is 35.4 Å². The van der Waals surface area contributed by atoms with Gasteiger partial charge in [-0.2, -0.15) is 0 Å². The fourth-order valence-corrected chi connectivity index (χ4v) is 5.70. The number of hydrogen-bond donors (Lipinski definition) is 1. The molecule has 2 saturated heterocycles. The lowest BCUT2D eigenvalue weighted by atomic mass is 9.78. The second-order valence-corrected chi connectivity index (χ2v) is 10.9. The quantitative estimate of drug-likeness (QED) is 0.785. The van der Waals surface area contributed by atoms with Crippen LogP contribution in [-0.2, 0) is 0 Å². The maximum Gasteiger partial charge on any atom is 0.0224 e. The summed E-state index contributed by atoms with van der Waals surface area (Å²) in [7, 11) is 2.28. The summed E-state index contributed by atoms with van der Waals surface area (Å²) in [4.78, 5) is 2.56. The van der Waals surface area contributed by atoms with E-state index in [0.717, 1.165) is 0 Å². The Labute approximate surface area is 155 Å². The zero-order valence-corrected chi connectivity index (χ0v) is 17.8. The second-order valence-electron chi connectivity index (χ2n) is 10.9. The molecule has 0 radical (unpaired) electrons. The lowest BCUT2D eigenvalue weighted by Gasteiger charge is -2.38. The Bertz CT molecular complexity index is 637. The lowest BCUT2D eigenvalue weighted by Crippen LogP contribution is -2.46. The van der Waals surface area contributed by atoms with Gasteiger partial charge >= 0.3 is 0 Å². The van der Waals surface area contributed by atoms with Crippen molar-refractivity contribution < 1.29 is 0 Å². The zero-order valence-electron chi connectivity index (χ0n) is 17.8. The van der Waals surface area contributed by atoms with Gasteiger partial charge in [0, 0.05) is 34.0 Å². The summed E-state index contributed by atoms with van der Waals surface area (Å²) in [5.41, 5.74) is 3.80. The summed E-state index contributed by atoms with van der Waals surface area (Å²) < 4.78 is 0. The van der Waals surface area contributed by atoms with Crippen LogP contribution >= 0.6 is 0 Å². The predicted molar refractivity (Wildman–Crippen MR) is 108 cm³/mol. The van der Waals surface area contributed by atoms with Crippen molar-refractivity contribution >= 4 is 0 Å². The van der Waals surface area contributed by atoms with Gasteiger partial charge in [0.05, 0.1) is 0 Å². The van der Waals surface area contributed by atoms with Gasteiger partial charge < -0.3 is 5.32 Å². The molecule has 1 N–H and O–H groups in total. The number of nitrogens with zero attached hydrogens (tertiary/aromatic N) is 1. The first kappa shape index (κ1) is 18.9. The van der Waals surface area contributed by atoms with Crippen LogP contribution in [0.15, 0.2) is 24.3 Å². The molecule has 3 rings (SSSR count). The molecule has 2 fully saturated rings. The average Bonchev–Trinajstić information content (AvgIpc) is 2.80. The molecule has 2 nitrogen and oxygen atoms in total. The van der Waals surface area contributed by atoms with Crippen molar-refractivity contribution in [1.82, 2.24) is 10.2 Å². The van der Waals surface area contributed by atoms with E-state index in [1.807, 2.05) is 0 Å². The fourth-order valence-electron chi connectivity index (χ4n) is 5.70. The average molecular weight is 343 g/mol. The number of nitrogens with one attached hydrogen (secondary N) is 1. The summed E-state index contributed by atoms with van der Waals surface area (Å²) in [6.45, 7) is 18.9. The molecule has 2 heteroatoms. The van der Waals surface area contributed by atoms with Crippen molar-refractivity contribution in [3.8, 4) is 0 Å². The minimum atomic E-state index is 0.153. The van der Waals surface area contributed by atoms with Crippen molar-refractivity contribution in [2.24, 2.45) is 0 Å². The van der Waals surface area contributed by atoms with Gasteiger partial charge in [-0.1, -0.05) is 24.3 Å². The van der Waals surface area contributed by atoms with E-state index < -0.39 is 0 Å². The number of likely N-dealkylation sites (tertiary alicyclic amines) is 1. The molecule has 2 atom stereocenters. The maximum absolute atomic E-state index is 3.81. The summed E-state index contributed by atoms with van der Waals surface area (Å²) in [5.74, 6) is 1.17. The van der Waals surface area contributed by atoms with E-state index in [9.17, 15) is 0 Å². The molecule has 2 aliphatic rings. The molecule has 2 unspecified atom stereocenters. The normalized spacial score (nSPS) is 32.8. The molecule has 140 valence electrons. The Kier molecular flexibility index (Phi) is 4.21. The summed E-state index contributed by atoms with van der Waals surface area (Å²) in [5, 5.41) is 3.81. The first-order valence-corrected chi connectivity index (χ1v) is 9.89. The van der Waals surface area contributed by atoms with Gasteiger partial charge in [-0.05, 0) is 86.4 Å². The van der Waals surface area contributed by atoms with Crippen LogP contribution in [0.5, 0.6) is 0 Å². The Morgan fingerprint density at radius 2 is 1.28 bits per heavy atom. The van der Waals surface area contributed by atoms with Crippen LogP contribution in [0.25, 0.3) is 0 Å². The third-order valence-corrected chi connectivity index (χ3v) is 7.32. The molecule has 1 aromatic rings. The first-order valence-electron chi connectivity index (χ1n) is 9.89.